The molecule has 0 atom stereocenters. The SMILES string of the molecule is Cc1ccn2ncc(C(=O)OCCN(C)C(=O)OC(C)(C)C)c2n1. The number of esters is 1. The molecule has 0 unspecified atom stereocenters. The van der Waals surface area contributed by atoms with Crippen molar-refractivity contribution in [3.05, 3.63) is 29.7 Å². The molecule has 0 fully saturated rings. The highest BCUT2D eigenvalue weighted by Crippen LogP contribution is 2.11. The smallest absolute Gasteiger partial charge is 0.410 e. The lowest BCUT2D eigenvalue weighted by Gasteiger charge is -2.24. The van der Waals surface area contributed by atoms with E-state index in [1.807, 2.05) is 6.92 Å². The quantitative estimate of drug-likeness (QED) is 0.796. The molecule has 0 aliphatic carbocycles. The Bertz CT molecular complexity index is 748. The maximum absolute atomic E-state index is 12.2. The summed E-state index contributed by atoms with van der Waals surface area (Å²) in [6.45, 7) is 7.48. The van der Waals surface area contributed by atoms with Crippen LogP contribution in [0.4, 0.5) is 4.79 Å². The topological polar surface area (TPSA) is 86.0 Å². The number of carbonyl (C=O) groups is 2. The minimum atomic E-state index is -0.567. The average molecular weight is 334 g/mol. The van der Waals surface area contributed by atoms with Crippen molar-refractivity contribution in [2.45, 2.75) is 33.3 Å². The average Bonchev–Trinajstić information content (AvgIpc) is 2.88. The molecule has 130 valence electrons. The Balaban J connectivity index is 1.91. The summed E-state index contributed by atoms with van der Waals surface area (Å²) in [4.78, 5) is 29.6. The van der Waals surface area contributed by atoms with Crippen molar-refractivity contribution in [2.75, 3.05) is 20.2 Å². The van der Waals surface area contributed by atoms with Gasteiger partial charge in [0.25, 0.3) is 0 Å². The zero-order valence-electron chi connectivity index (χ0n) is 14.6. The van der Waals surface area contributed by atoms with Crippen molar-refractivity contribution in [1.29, 1.82) is 0 Å². The summed E-state index contributed by atoms with van der Waals surface area (Å²) < 4.78 is 11.9. The van der Waals surface area contributed by atoms with Crippen molar-refractivity contribution in [3.8, 4) is 0 Å². The molecule has 8 nitrogen and oxygen atoms in total. The zero-order valence-corrected chi connectivity index (χ0v) is 14.6. The molecule has 0 bridgehead atoms. The fourth-order valence-corrected chi connectivity index (χ4v) is 1.89. The lowest BCUT2D eigenvalue weighted by atomic mass is 10.2. The van der Waals surface area contributed by atoms with Crippen LogP contribution in [0, 0.1) is 6.92 Å². The minimum Gasteiger partial charge on any atom is -0.460 e. The molecule has 0 N–H and O–H groups in total. The summed E-state index contributed by atoms with van der Waals surface area (Å²) in [7, 11) is 1.59. The Labute approximate surface area is 140 Å². The molecular weight excluding hydrogens is 312 g/mol. The maximum atomic E-state index is 12.2. The number of fused-ring (bicyclic) bond motifs is 1. The van der Waals surface area contributed by atoms with Gasteiger partial charge in [-0.3, -0.25) is 0 Å². The number of aryl methyl sites for hydroxylation is 1. The highest BCUT2D eigenvalue weighted by Gasteiger charge is 2.20. The number of likely N-dealkylation sites (N-methyl/N-ethyl adjacent to an activating group) is 1. The van der Waals surface area contributed by atoms with Gasteiger partial charge in [0, 0.05) is 18.9 Å². The second kappa shape index (κ2) is 6.86. The third kappa shape index (κ3) is 4.43. The van der Waals surface area contributed by atoms with Gasteiger partial charge in [0.1, 0.15) is 17.8 Å². The Hall–Kier alpha value is -2.64. The van der Waals surface area contributed by atoms with Crippen molar-refractivity contribution in [3.63, 3.8) is 0 Å². The fraction of sp³-hybridized carbons (Fsp3) is 0.500. The van der Waals surface area contributed by atoms with E-state index < -0.39 is 17.7 Å². The number of carbonyl (C=O) groups excluding carboxylic acids is 2. The van der Waals surface area contributed by atoms with Crippen LogP contribution in [0.3, 0.4) is 0 Å². The highest BCUT2D eigenvalue weighted by atomic mass is 16.6. The van der Waals surface area contributed by atoms with E-state index in [1.54, 1.807) is 40.1 Å². The van der Waals surface area contributed by atoms with E-state index in [9.17, 15) is 9.59 Å². The molecule has 2 rings (SSSR count). The van der Waals surface area contributed by atoms with Crippen LogP contribution in [0.15, 0.2) is 18.5 Å². The Morgan fingerprint density at radius 2 is 2.04 bits per heavy atom. The van der Waals surface area contributed by atoms with Crippen LogP contribution >= 0.6 is 0 Å². The summed E-state index contributed by atoms with van der Waals surface area (Å²) >= 11 is 0. The molecule has 0 aliphatic heterocycles. The Kier molecular flexibility index (Phi) is 5.06. The van der Waals surface area contributed by atoms with E-state index >= 15 is 0 Å². The molecule has 0 saturated heterocycles. The van der Waals surface area contributed by atoms with Crippen LogP contribution in [-0.4, -0.2) is 57.4 Å². The number of hydrogen-bond acceptors (Lipinski definition) is 6. The summed E-state index contributed by atoms with van der Waals surface area (Å²) in [6, 6.07) is 1.80. The standard InChI is InChI=1S/C16H22N4O4/c1-11-6-7-20-13(18-11)12(10-17-20)14(21)23-9-8-19(5)15(22)24-16(2,3)4/h6-7,10H,8-9H2,1-5H3. The van der Waals surface area contributed by atoms with Crippen LogP contribution in [-0.2, 0) is 9.47 Å². The number of rotatable bonds is 4. The van der Waals surface area contributed by atoms with Crippen molar-refractivity contribution in [1.82, 2.24) is 19.5 Å². The molecule has 2 aromatic heterocycles. The monoisotopic (exact) mass is 334 g/mol. The second-order valence-corrected chi connectivity index (χ2v) is 6.43. The van der Waals surface area contributed by atoms with Crippen molar-refractivity contribution >= 4 is 17.7 Å². The summed E-state index contributed by atoms with van der Waals surface area (Å²) in [5, 5.41) is 4.06. The van der Waals surface area contributed by atoms with Crippen molar-refractivity contribution < 1.29 is 19.1 Å². The first-order chi connectivity index (χ1) is 11.2. The Morgan fingerprint density at radius 1 is 1.33 bits per heavy atom. The van der Waals surface area contributed by atoms with E-state index in [1.165, 1.54) is 15.6 Å². The van der Waals surface area contributed by atoms with Crippen LogP contribution in [0.1, 0.15) is 36.8 Å². The molecule has 0 saturated carbocycles. The molecule has 0 radical (unpaired) electrons. The molecule has 24 heavy (non-hydrogen) atoms. The number of ether oxygens (including phenoxy) is 2. The van der Waals surface area contributed by atoms with Crippen molar-refractivity contribution in [2.24, 2.45) is 0 Å². The predicted molar refractivity (Wildman–Crippen MR) is 86.9 cm³/mol. The highest BCUT2D eigenvalue weighted by molar-refractivity contribution is 5.95. The summed E-state index contributed by atoms with van der Waals surface area (Å²) in [5.74, 6) is -0.527. The normalized spacial score (nSPS) is 11.4. The first-order valence-corrected chi connectivity index (χ1v) is 7.59. The van der Waals surface area contributed by atoms with E-state index in [2.05, 4.69) is 10.1 Å². The number of amides is 1. The lowest BCUT2D eigenvalue weighted by molar-refractivity contribution is 0.0217. The first-order valence-electron chi connectivity index (χ1n) is 7.59. The number of nitrogens with zero attached hydrogens (tertiary/aromatic N) is 4. The largest absolute Gasteiger partial charge is 0.460 e. The molecule has 2 heterocycles. The van der Waals surface area contributed by atoms with Crippen LogP contribution < -0.4 is 0 Å². The maximum Gasteiger partial charge on any atom is 0.410 e. The van der Waals surface area contributed by atoms with Crippen LogP contribution in [0.25, 0.3) is 5.65 Å². The van der Waals surface area contributed by atoms with Gasteiger partial charge in [0.15, 0.2) is 5.65 Å². The number of hydrogen-bond donors (Lipinski definition) is 0. The van der Waals surface area contributed by atoms with E-state index in [-0.39, 0.29) is 13.2 Å². The van der Waals surface area contributed by atoms with Gasteiger partial charge in [-0.05, 0) is 33.8 Å². The summed E-state index contributed by atoms with van der Waals surface area (Å²) in [5.41, 5.74) is 0.948. The molecule has 2 aromatic rings. The molecule has 0 aromatic carbocycles. The molecule has 8 heteroatoms. The Morgan fingerprint density at radius 3 is 2.71 bits per heavy atom. The first kappa shape index (κ1) is 17.7. The van der Waals surface area contributed by atoms with Gasteiger partial charge in [-0.15, -0.1) is 0 Å². The third-order valence-electron chi connectivity index (χ3n) is 3.09. The molecule has 0 spiro atoms. The second-order valence-electron chi connectivity index (χ2n) is 6.43. The van der Waals surface area contributed by atoms with Gasteiger partial charge in [-0.1, -0.05) is 0 Å². The van der Waals surface area contributed by atoms with Gasteiger partial charge in [0.2, 0.25) is 0 Å². The molecule has 1 amide bonds. The van der Waals surface area contributed by atoms with E-state index in [4.69, 9.17) is 9.47 Å². The lowest BCUT2D eigenvalue weighted by Crippen LogP contribution is -2.36. The van der Waals surface area contributed by atoms with Gasteiger partial charge in [-0.2, -0.15) is 5.10 Å². The predicted octanol–water partition coefficient (Wildman–Crippen LogP) is 2.06. The number of aromatic nitrogens is 3. The summed E-state index contributed by atoms with van der Waals surface area (Å²) in [6.07, 6.45) is 2.68. The fourth-order valence-electron chi connectivity index (χ4n) is 1.89. The van der Waals surface area contributed by atoms with Gasteiger partial charge < -0.3 is 14.4 Å². The van der Waals surface area contributed by atoms with Gasteiger partial charge in [-0.25, -0.2) is 19.1 Å². The zero-order chi connectivity index (χ0) is 17.9. The van der Waals surface area contributed by atoms with Gasteiger partial charge >= 0.3 is 12.1 Å². The van der Waals surface area contributed by atoms with Crippen LogP contribution in [0.5, 0.6) is 0 Å². The van der Waals surface area contributed by atoms with Gasteiger partial charge in [0.05, 0.1) is 12.7 Å². The van der Waals surface area contributed by atoms with E-state index in [0.29, 0.717) is 11.2 Å². The minimum absolute atomic E-state index is 0.0533. The van der Waals surface area contributed by atoms with Crippen LogP contribution in [0.2, 0.25) is 0 Å². The molecule has 0 aliphatic rings. The molecular formula is C16H22N4O4. The van der Waals surface area contributed by atoms with E-state index in [0.717, 1.165) is 5.69 Å². The third-order valence-corrected chi connectivity index (χ3v) is 3.09.